The lowest BCUT2D eigenvalue weighted by atomic mass is 9.81. The quantitative estimate of drug-likeness (QED) is 0.0878. The van der Waals surface area contributed by atoms with Crippen molar-refractivity contribution < 1.29 is 19.8 Å². The van der Waals surface area contributed by atoms with Crippen LogP contribution in [0.5, 0.6) is 11.5 Å². The Hall–Kier alpha value is -1.94. The molecular weight excluding hydrogens is 598 g/mol. The number of aromatic hydroxyl groups is 2. The number of rotatable bonds is 18. The summed E-state index contributed by atoms with van der Waals surface area (Å²) in [6.45, 7) is 5.53. The Balaban J connectivity index is 1.84. The number of hydrogen-bond acceptors (Lipinski definition) is 8. The van der Waals surface area contributed by atoms with Crippen LogP contribution in [-0.4, -0.2) is 107 Å². The molecule has 12 heteroatoms. The average molecular weight is 634 g/mol. The molecule has 0 saturated carbocycles. The molecular formula is C28H36Cl4N4O4. The topological polar surface area (TPSA) is 105 Å². The second kappa shape index (κ2) is 16.5. The van der Waals surface area contributed by atoms with E-state index in [1.54, 1.807) is 12.1 Å². The highest BCUT2D eigenvalue weighted by Crippen LogP contribution is 2.42. The van der Waals surface area contributed by atoms with Crippen LogP contribution in [0, 0.1) is 0 Å². The van der Waals surface area contributed by atoms with E-state index in [1.807, 2.05) is 0 Å². The first kappa shape index (κ1) is 32.6. The highest BCUT2D eigenvalue weighted by atomic mass is 35.5. The van der Waals surface area contributed by atoms with Crippen molar-refractivity contribution in [2.75, 3.05) is 86.5 Å². The van der Waals surface area contributed by atoms with Crippen molar-refractivity contribution in [1.29, 1.82) is 0 Å². The smallest absolute Gasteiger partial charge is 0.200 e. The standard InChI is InChI=1S/C28H36Cl4N4O4/c29-7-15-35(16-8-30)13-1-11-33-19-3-4-20(34-12-2-14-36(17-9-31)18-10-32)24-23(19)27(39)25-21(37)5-6-22(38)26(25)28(24)40/h3-6,33-34,37-38H,1-2,7-18H2. The fourth-order valence-corrected chi connectivity index (χ4v) is 5.82. The summed E-state index contributed by atoms with van der Waals surface area (Å²) in [6, 6.07) is 5.96. The summed E-state index contributed by atoms with van der Waals surface area (Å²) in [7, 11) is 0. The molecule has 4 N–H and O–H groups in total. The molecule has 0 amide bonds. The molecule has 40 heavy (non-hydrogen) atoms. The molecule has 1 aliphatic rings. The van der Waals surface area contributed by atoms with Crippen molar-refractivity contribution in [1.82, 2.24) is 9.80 Å². The lowest BCUT2D eigenvalue weighted by Gasteiger charge is -2.25. The number of fused-ring (bicyclic) bond motifs is 2. The third-order valence-electron chi connectivity index (χ3n) is 6.81. The number of hydrogen-bond donors (Lipinski definition) is 4. The third kappa shape index (κ3) is 8.08. The van der Waals surface area contributed by atoms with Crippen molar-refractivity contribution in [3.8, 4) is 11.5 Å². The predicted molar refractivity (Wildman–Crippen MR) is 165 cm³/mol. The molecule has 0 aromatic heterocycles. The van der Waals surface area contributed by atoms with E-state index in [9.17, 15) is 19.8 Å². The minimum atomic E-state index is -0.523. The zero-order valence-electron chi connectivity index (χ0n) is 22.3. The summed E-state index contributed by atoms with van der Waals surface area (Å²) >= 11 is 23.6. The first-order valence-corrected chi connectivity index (χ1v) is 15.5. The highest BCUT2D eigenvalue weighted by molar-refractivity contribution is 6.33. The van der Waals surface area contributed by atoms with Gasteiger partial charge in [0.25, 0.3) is 0 Å². The van der Waals surface area contributed by atoms with Crippen LogP contribution in [0.1, 0.15) is 44.7 Å². The van der Waals surface area contributed by atoms with E-state index in [2.05, 4.69) is 20.4 Å². The fraction of sp³-hybridized carbons (Fsp3) is 0.500. The SMILES string of the molecule is O=C1c2c(O)ccc(O)c2C(=O)c2c(NCCCN(CCCl)CCCl)ccc(NCCCN(CCCl)CCCl)c21. The molecule has 3 rings (SSSR count). The number of alkyl halides is 4. The number of nitrogens with zero attached hydrogens (tertiary/aromatic N) is 2. The van der Waals surface area contributed by atoms with Crippen LogP contribution < -0.4 is 10.6 Å². The van der Waals surface area contributed by atoms with Crippen LogP contribution >= 0.6 is 46.4 Å². The number of phenolic OH excluding ortho intramolecular Hbond substituents is 2. The Morgan fingerprint density at radius 3 is 1.23 bits per heavy atom. The minimum Gasteiger partial charge on any atom is -0.507 e. The van der Waals surface area contributed by atoms with Crippen LogP contribution in [0.3, 0.4) is 0 Å². The van der Waals surface area contributed by atoms with E-state index in [0.717, 1.165) is 52.1 Å². The molecule has 1 aliphatic carbocycles. The molecule has 0 bridgehead atoms. The first-order valence-electron chi connectivity index (χ1n) is 13.4. The lowest BCUT2D eigenvalue weighted by molar-refractivity contribution is 0.0975. The number of phenols is 2. The monoisotopic (exact) mass is 632 g/mol. The number of nitrogens with one attached hydrogen (secondary N) is 2. The van der Waals surface area contributed by atoms with Gasteiger partial charge in [0, 0.05) is 74.2 Å². The highest BCUT2D eigenvalue weighted by Gasteiger charge is 2.37. The van der Waals surface area contributed by atoms with Gasteiger partial charge < -0.3 is 30.6 Å². The van der Waals surface area contributed by atoms with Crippen LogP contribution in [0.2, 0.25) is 0 Å². The van der Waals surface area contributed by atoms with Gasteiger partial charge in [0.05, 0.1) is 22.3 Å². The maximum Gasteiger partial charge on any atom is 0.200 e. The molecule has 2 aromatic rings. The van der Waals surface area contributed by atoms with Crippen molar-refractivity contribution in [3.63, 3.8) is 0 Å². The molecule has 0 aliphatic heterocycles. The first-order chi connectivity index (χ1) is 19.4. The number of carbonyl (C=O) groups is 2. The number of carbonyl (C=O) groups excluding carboxylic acids is 2. The van der Waals surface area contributed by atoms with Crippen LogP contribution in [0.4, 0.5) is 11.4 Å². The summed E-state index contributed by atoms with van der Waals surface area (Å²) in [4.78, 5) is 31.8. The summed E-state index contributed by atoms with van der Waals surface area (Å²) in [5, 5.41) is 27.5. The van der Waals surface area contributed by atoms with Gasteiger partial charge in [-0.25, -0.2) is 0 Å². The largest absolute Gasteiger partial charge is 0.507 e. The number of anilines is 2. The molecule has 220 valence electrons. The van der Waals surface area contributed by atoms with Gasteiger partial charge >= 0.3 is 0 Å². The summed E-state index contributed by atoms with van der Waals surface area (Å²) in [5.74, 6) is 0.296. The zero-order valence-corrected chi connectivity index (χ0v) is 25.3. The zero-order chi connectivity index (χ0) is 29.1. The van der Waals surface area contributed by atoms with Gasteiger partial charge in [-0.1, -0.05) is 0 Å². The molecule has 8 nitrogen and oxygen atoms in total. The van der Waals surface area contributed by atoms with Crippen LogP contribution in [0.25, 0.3) is 0 Å². The van der Waals surface area contributed by atoms with E-state index in [1.165, 1.54) is 12.1 Å². The Labute approximate surface area is 255 Å². The number of ketones is 2. The second-order valence-electron chi connectivity index (χ2n) is 9.42. The Bertz CT molecular complexity index is 1070. The fourth-order valence-electron chi connectivity index (χ4n) is 4.86. The average Bonchev–Trinajstić information content (AvgIpc) is 2.93. The molecule has 0 spiro atoms. The predicted octanol–water partition coefficient (Wildman–Crippen LogP) is 5.04. The Morgan fingerprint density at radius 1 is 0.550 bits per heavy atom. The summed E-state index contributed by atoms with van der Waals surface area (Å²) < 4.78 is 0. The molecule has 0 unspecified atom stereocenters. The van der Waals surface area contributed by atoms with Gasteiger partial charge in [0.1, 0.15) is 11.5 Å². The molecule has 2 aromatic carbocycles. The normalized spacial score (nSPS) is 12.7. The maximum atomic E-state index is 13.7. The summed E-state index contributed by atoms with van der Waals surface area (Å²) in [5.41, 5.74) is 0.949. The molecule has 0 radical (unpaired) electrons. The third-order valence-corrected chi connectivity index (χ3v) is 7.49. The van der Waals surface area contributed by atoms with Gasteiger partial charge in [-0.05, 0) is 50.2 Å². The molecule has 0 atom stereocenters. The van der Waals surface area contributed by atoms with E-state index in [0.29, 0.717) is 48.0 Å². The molecule has 0 saturated heterocycles. The van der Waals surface area contributed by atoms with Gasteiger partial charge in [-0.3, -0.25) is 9.59 Å². The van der Waals surface area contributed by atoms with Crippen molar-refractivity contribution in [2.45, 2.75) is 12.8 Å². The van der Waals surface area contributed by atoms with Crippen LogP contribution in [-0.2, 0) is 0 Å². The molecule has 0 heterocycles. The maximum absolute atomic E-state index is 13.7. The van der Waals surface area contributed by atoms with E-state index < -0.39 is 11.6 Å². The van der Waals surface area contributed by atoms with E-state index in [-0.39, 0.29) is 33.8 Å². The lowest BCUT2D eigenvalue weighted by Crippen LogP contribution is -2.30. The minimum absolute atomic E-state index is 0.174. The van der Waals surface area contributed by atoms with Crippen LogP contribution in [0.15, 0.2) is 24.3 Å². The number of benzene rings is 2. The van der Waals surface area contributed by atoms with Gasteiger partial charge in [0.2, 0.25) is 11.6 Å². The summed E-state index contributed by atoms with van der Waals surface area (Å²) in [6.07, 6.45) is 1.52. The molecule has 0 fully saturated rings. The second-order valence-corrected chi connectivity index (χ2v) is 10.9. The number of halogens is 4. The Kier molecular flexibility index (Phi) is 13.4. The van der Waals surface area contributed by atoms with E-state index >= 15 is 0 Å². The van der Waals surface area contributed by atoms with Gasteiger partial charge in [-0.15, -0.1) is 46.4 Å². The Morgan fingerprint density at radius 2 is 0.900 bits per heavy atom. The van der Waals surface area contributed by atoms with Gasteiger partial charge in [0.15, 0.2) is 0 Å². The van der Waals surface area contributed by atoms with Crippen molar-refractivity contribution in [3.05, 3.63) is 46.5 Å². The van der Waals surface area contributed by atoms with Crippen molar-refractivity contribution >= 4 is 69.3 Å². The van der Waals surface area contributed by atoms with Gasteiger partial charge in [-0.2, -0.15) is 0 Å². The van der Waals surface area contributed by atoms with Crippen molar-refractivity contribution in [2.24, 2.45) is 0 Å². The van der Waals surface area contributed by atoms with E-state index in [4.69, 9.17) is 46.4 Å².